The molecule has 1 aliphatic heterocycles. The van der Waals surface area contributed by atoms with Gasteiger partial charge in [-0.3, -0.25) is 14.9 Å². The molecule has 0 amide bonds. The Morgan fingerprint density at radius 1 is 1.16 bits per heavy atom. The molecule has 2 aromatic carbocycles. The van der Waals surface area contributed by atoms with E-state index >= 15 is 0 Å². The van der Waals surface area contributed by atoms with Gasteiger partial charge < -0.3 is 14.2 Å². The fourth-order valence-corrected chi connectivity index (χ4v) is 5.03. The van der Waals surface area contributed by atoms with Crippen molar-refractivity contribution in [1.29, 1.82) is 0 Å². The Morgan fingerprint density at radius 2 is 1.88 bits per heavy atom. The third kappa shape index (κ3) is 5.17. The molecule has 32 heavy (non-hydrogen) atoms. The third-order valence-electron chi connectivity index (χ3n) is 5.26. The number of carbonyl (C=O) groups is 1. The lowest BCUT2D eigenvalue weighted by atomic mass is 10.00. The summed E-state index contributed by atoms with van der Waals surface area (Å²) in [6.45, 7) is 0.0849. The van der Waals surface area contributed by atoms with Gasteiger partial charge in [0.15, 0.2) is 0 Å². The number of nitro benzene ring substituents is 1. The highest BCUT2D eigenvalue weighted by Crippen LogP contribution is 2.28. The summed E-state index contributed by atoms with van der Waals surface area (Å²) in [6, 6.07) is 10.1. The van der Waals surface area contributed by atoms with Crippen LogP contribution in [-0.2, 0) is 26.2 Å². The molecule has 1 saturated heterocycles. The summed E-state index contributed by atoms with van der Waals surface area (Å²) in [7, 11) is -0.865. The molecule has 1 aliphatic rings. The third-order valence-corrected chi connectivity index (χ3v) is 7.14. The molecule has 0 spiro atoms. The Hall–Kier alpha value is -3.18. The van der Waals surface area contributed by atoms with E-state index in [4.69, 9.17) is 14.2 Å². The number of carbonyl (C=O) groups excluding carboxylic acids is 1. The first-order valence-corrected chi connectivity index (χ1v) is 11.3. The minimum absolute atomic E-state index is 0.000726. The molecule has 0 bridgehead atoms. The van der Waals surface area contributed by atoms with Crippen molar-refractivity contribution >= 4 is 21.7 Å². The van der Waals surface area contributed by atoms with Crippen LogP contribution in [0.2, 0.25) is 0 Å². The van der Waals surface area contributed by atoms with E-state index in [1.165, 1.54) is 48.9 Å². The van der Waals surface area contributed by atoms with Crippen molar-refractivity contribution in [3.05, 3.63) is 58.1 Å². The lowest BCUT2D eigenvalue weighted by molar-refractivity contribution is -0.385. The molecular weight excluding hydrogens is 440 g/mol. The quantitative estimate of drug-likeness (QED) is 0.332. The first-order valence-electron chi connectivity index (χ1n) is 9.88. The van der Waals surface area contributed by atoms with Crippen molar-refractivity contribution in [2.24, 2.45) is 5.92 Å². The van der Waals surface area contributed by atoms with E-state index in [0.717, 1.165) is 0 Å². The number of hydrogen-bond donors (Lipinski definition) is 0. The van der Waals surface area contributed by atoms with Crippen LogP contribution in [0, 0.1) is 16.0 Å². The van der Waals surface area contributed by atoms with Gasteiger partial charge >= 0.3 is 5.97 Å². The average Bonchev–Trinajstić information content (AvgIpc) is 2.82. The van der Waals surface area contributed by atoms with Gasteiger partial charge in [0.1, 0.15) is 18.1 Å². The predicted octanol–water partition coefficient (Wildman–Crippen LogP) is 2.76. The highest BCUT2D eigenvalue weighted by Gasteiger charge is 2.34. The molecule has 0 saturated carbocycles. The van der Waals surface area contributed by atoms with Crippen LogP contribution in [0.25, 0.3) is 0 Å². The Labute approximate surface area is 185 Å². The van der Waals surface area contributed by atoms with Gasteiger partial charge in [-0.05, 0) is 43.2 Å². The maximum absolute atomic E-state index is 13.0. The minimum atomic E-state index is -3.77. The van der Waals surface area contributed by atoms with Crippen LogP contribution in [0.1, 0.15) is 18.4 Å². The van der Waals surface area contributed by atoms with Crippen LogP contribution in [-0.4, -0.2) is 50.9 Å². The van der Waals surface area contributed by atoms with Crippen LogP contribution >= 0.6 is 0 Å². The zero-order valence-electron chi connectivity index (χ0n) is 17.7. The van der Waals surface area contributed by atoms with Crippen LogP contribution in [0.3, 0.4) is 0 Å². The maximum atomic E-state index is 13.0. The fraction of sp³-hybridized carbons (Fsp3) is 0.381. The molecular formula is C21H24N2O8S. The summed E-state index contributed by atoms with van der Waals surface area (Å²) in [5.41, 5.74) is 0.208. The van der Waals surface area contributed by atoms with Crippen molar-refractivity contribution in [3.8, 4) is 11.5 Å². The largest absolute Gasteiger partial charge is 0.497 e. The summed E-state index contributed by atoms with van der Waals surface area (Å²) < 4.78 is 42.8. The number of benzene rings is 2. The number of sulfonamides is 1. The number of piperidine rings is 1. The summed E-state index contributed by atoms with van der Waals surface area (Å²) in [5, 5.41) is 11.0. The molecule has 0 aromatic heterocycles. The number of non-ortho nitro benzene ring substituents is 1. The van der Waals surface area contributed by atoms with Crippen molar-refractivity contribution in [2.75, 3.05) is 27.3 Å². The second kappa shape index (κ2) is 9.96. The van der Waals surface area contributed by atoms with E-state index in [-0.39, 0.29) is 23.7 Å². The summed E-state index contributed by atoms with van der Waals surface area (Å²) in [6.07, 6.45) is 0.995. The topological polar surface area (TPSA) is 125 Å². The van der Waals surface area contributed by atoms with Gasteiger partial charge in [0.05, 0.1) is 30.0 Å². The summed E-state index contributed by atoms with van der Waals surface area (Å²) in [4.78, 5) is 23.2. The smallest absolute Gasteiger partial charge is 0.310 e. The first kappa shape index (κ1) is 23.5. The highest BCUT2D eigenvalue weighted by molar-refractivity contribution is 7.89. The number of hydrogen-bond acceptors (Lipinski definition) is 8. The normalized spacial score (nSPS) is 16.9. The highest BCUT2D eigenvalue weighted by atomic mass is 32.2. The standard InChI is InChI=1S/C21H24N2O8S/c1-29-18-6-8-19(9-7-18)32(27,28)22-11-3-4-15(13-22)21(24)31-14-16-12-17(23(25)26)5-10-20(16)30-2/h5-10,12,15H,3-4,11,13-14H2,1-2H3. The molecule has 11 heteroatoms. The lowest BCUT2D eigenvalue weighted by Gasteiger charge is -2.30. The van der Waals surface area contributed by atoms with Crippen LogP contribution in [0.4, 0.5) is 5.69 Å². The SMILES string of the molecule is COc1ccc(S(=O)(=O)N2CCCC(C(=O)OCc3cc([N+](=O)[O-])ccc3OC)C2)cc1. The number of nitrogens with zero attached hydrogens (tertiary/aromatic N) is 2. The van der Waals surface area contributed by atoms with E-state index in [0.29, 0.717) is 36.4 Å². The van der Waals surface area contributed by atoms with E-state index in [9.17, 15) is 23.3 Å². The van der Waals surface area contributed by atoms with Gasteiger partial charge in [0.25, 0.3) is 5.69 Å². The molecule has 1 atom stereocenters. The zero-order chi connectivity index (χ0) is 23.3. The number of esters is 1. The second-order valence-corrected chi connectivity index (χ2v) is 9.18. The predicted molar refractivity (Wildman–Crippen MR) is 114 cm³/mol. The number of nitro groups is 1. The van der Waals surface area contributed by atoms with Gasteiger partial charge in [-0.25, -0.2) is 8.42 Å². The lowest BCUT2D eigenvalue weighted by Crippen LogP contribution is -2.42. The van der Waals surface area contributed by atoms with Gasteiger partial charge in [0.2, 0.25) is 10.0 Å². The molecule has 0 aliphatic carbocycles. The molecule has 0 radical (unpaired) electrons. The average molecular weight is 464 g/mol. The van der Waals surface area contributed by atoms with Gasteiger partial charge in [-0.1, -0.05) is 0 Å². The minimum Gasteiger partial charge on any atom is -0.497 e. The molecule has 1 fully saturated rings. The molecule has 1 heterocycles. The van der Waals surface area contributed by atoms with Crippen LogP contribution in [0.5, 0.6) is 11.5 Å². The van der Waals surface area contributed by atoms with Gasteiger partial charge in [0, 0.05) is 30.8 Å². The molecule has 3 rings (SSSR count). The molecule has 0 N–H and O–H groups in total. The summed E-state index contributed by atoms with van der Waals surface area (Å²) >= 11 is 0. The number of methoxy groups -OCH3 is 2. The van der Waals surface area contributed by atoms with Crippen LogP contribution < -0.4 is 9.47 Å². The van der Waals surface area contributed by atoms with E-state index in [1.807, 2.05) is 0 Å². The molecule has 2 aromatic rings. The van der Waals surface area contributed by atoms with Crippen molar-refractivity contribution in [1.82, 2.24) is 4.31 Å². The van der Waals surface area contributed by atoms with Crippen molar-refractivity contribution < 1.29 is 32.3 Å². The maximum Gasteiger partial charge on any atom is 0.310 e. The molecule has 10 nitrogen and oxygen atoms in total. The second-order valence-electron chi connectivity index (χ2n) is 7.24. The Bertz CT molecular complexity index is 1090. The van der Waals surface area contributed by atoms with Crippen LogP contribution in [0.15, 0.2) is 47.4 Å². The number of rotatable bonds is 8. The van der Waals surface area contributed by atoms with Gasteiger partial charge in [-0.2, -0.15) is 4.31 Å². The Morgan fingerprint density at radius 3 is 2.50 bits per heavy atom. The summed E-state index contributed by atoms with van der Waals surface area (Å²) in [5.74, 6) is -0.300. The Kier molecular flexibility index (Phi) is 7.31. The first-order chi connectivity index (χ1) is 15.3. The van der Waals surface area contributed by atoms with Crippen molar-refractivity contribution in [2.45, 2.75) is 24.3 Å². The molecule has 172 valence electrons. The zero-order valence-corrected chi connectivity index (χ0v) is 18.5. The van der Waals surface area contributed by atoms with Crippen molar-refractivity contribution in [3.63, 3.8) is 0 Å². The monoisotopic (exact) mass is 464 g/mol. The molecule has 1 unspecified atom stereocenters. The van der Waals surface area contributed by atoms with E-state index in [1.54, 1.807) is 12.1 Å². The van der Waals surface area contributed by atoms with E-state index in [2.05, 4.69) is 0 Å². The Balaban J connectivity index is 1.68. The fourth-order valence-electron chi connectivity index (χ4n) is 3.51. The van der Waals surface area contributed by atoms with E-state index < -0.39 is 26.8 Å². The number of ether oxygens (including phenoxy) is 3. The van der Waals surface area contributed by atoms with Gasteiger partial charge in [-0.15, -0.1) is 0 Å².